The summed E-state index contributed by atoms with van der Waals surface area (Å²) in [6.07, 6.45) is 2.05. The van der Waals surface area contributed by atoms with Gasteiger partial charge in [0.1, 0.15) is 11.6 Å². The Kier molecular flexibility index (Phi) is 8.82. The molecule has 0 radical (unpaired) electrons. The van der Waals surface area contributed by atoms with Gasteiger partial charge in [-0.1, -0.05) is 26.0 Å². The van der Waals surface area contributed by atoms with Gasteiger partial charge in [-0.15, -0.1) is 10.2 Å². The van der Waals surface area contributed by atoms with Crippen LogP contribution in [0.2, 0.25) is 0 Å². The number of nitrogens with one attached hydrogen (secondary N) is 1. The zero-order valence-electron chi connectivity index (χ0n) is 20.0. The number of fused-ring (bicyclic) bond motifs is 1. The molecule has 2 amide bonds. The fourth-order valence-electron chi connectivity index (χ4n) is 4.04. The van der Waals surface area contributed by atoms with Gasteiger partial charge in [0.2, 0.25) is 11.8 Å². The molecule has 1 aliphatic rings. The Balaban J connectivity index is 1.67. The maximum absolute atomic E-state index is 12.9. The number of benzene rings is 1. The highest BCUT2D eigenvalue weighted by atomic mass is 16.5. The first-order valence-corrected chi connectivity index (χ1v) is 11.5. The van der Waals surface area contributed by atoms with Gasteiger partial charge in [0.05, 0.1) is 26.2 Å². The fraction of sp³-hybridized carbons (Fsp3) is 0.583. The van der Waals surface area contributed by atoms with Gasteiger partial charge in [0.25, 0.3) is 0 Å². The molecule has 0 fully saturated rings. The predicted octanol–water partition coefficient (Wildman–Crippen LogP) is 2.15. The Morgan fingerprint density at radius 3 is 2.52 bits per heavy atom. The SMILES string of the molecule is COCCC(=O)N[C@H](CC(C)C)c1nnc2n1CCN(C(=O)Cc1ccc(OC)cc1)CC2. The lowest BCUT2D eigenvalue weighted by atomic mass is 10.0. The number of carbonyl (C=O) groups excluding carboxylic acids is 2. The van der Waals surface area contributed by atoms with E-state index in [0.29, 0.717) is 51.4 Å². The van der Waals surface area contributed by atoms with Crippen molar-refractivity contribution >= 4 is 11.8 Å². The first kappa shape index (κ1) is 24.7. The highest BCUT2D eigenvalue weighted by Gasteiger charge is 2.27. The molecule has 0 unspecified atom stereocenters. The van der Waals surface area contributed by atoms with Crippen LogP contribution < -0.4 is 10.1 Å². The highest BCUT2D eigenvalue weighted by Crippen LogP contribution is 2.23. The molecule has 1 atom stereocenters. The molecule has 0 bridgehead atoms. The molecule has 180 valence electrons. The predicted molar refractivity (Wildman–Crippen MR) is 124 cm³/mol. The molecule has 0 saturated carbocycles. The third-order valence-electron chi connectivity index (χ3n) is 5.81. The zero-order valence-corrected chi connectivity index (χ0v) is 20.0. The Morgan fingerprint density at radius 2 is 1.85 bits per heavy atom. The van der Waals surface area contributed by atoms with Crippen molar-refractivity contribution in [2.75, 3.05) is 33.9 Å². The van der Waals surface area contributed by atoms with Gasteiger partial charge in [0, 0.05) is 39.6 Å². The minimum atomic E-state index is -0.225. The summed E-state index contributed by atoms with van der Waals surface area (Å²) in [6, 6.07) is 7.36. The van der Waals surface area contributed by atoms with E-state index >= 15 is 0 Å². The van der Waals surface area contributed by atoms with Crippen LogP contribution in [0.15, 0.2) is 24.3 Å². The molecule has 2 heterocycles. The molecular weight excluding hydrogens is 422 g/mol. The van der Waals surface area contributed by atoms with E-state index in [1.807, 2.05) is 29.2 Å². The molecule has 9 heteroatoms. The van der Waals surface area contributed by atoms with Crippen molar-refractivity contribution < 1.29 is 19.1 Å². The number of hydrogen-bond acceptors (Lipinski definition) is 6. The summed E-state index contributed by atoms with van der Waals surface area (Å²) in [5.74, 6) is 2.78. The summed E-state index contributed by atoms with van der Waals surface area (Å²) in [5.41, 5.74) is 0.959. The second kappa shape index (κ2) is 11.8. The normalized spacial score (nSPS) is 14.5. The summed E-state index contributed by atoms with van der Waals surface area (Å²) in [7, 11) is 3.21. The van der Waals surface area contributed by atoms with Crippen molar-refractivity contribution in [3.63, 3.8) is 0 Å². The van der Waals surface area contributed by atoms with Gasteiger partial charge < -0.3 is 24.3 Å². The lowest BCUT2D eigenvalue weighted by Crippen LogP contribution is -2.35. The first-order valence-electron chi connectivity index (χ1n) is 11.5. The van der Waals surface area contributed by atoms with E-state index in [0.717, 1.165) is 29.4 Å². The number of hydrogen-bond donors (Lipinski definition) is 1. The molecule has 1 aromatic carbocycles. The number of rotatable bonds is 10. The summed E-state index contributed by atoms with van der Waals surface area (Å²) >= 11 is 0. The van der Waals surface area contributed by atoms with Crippen LogP contribution in [-0.2, 0) is 33.7 Å². The van der Waals surface area contributed by atoms with Crippen molar-refractivity contribution in [1.82, 2.24) is 25.0 Å². The Labute approximate surface area is 195 Å². The monoisotopic (exact) mass is 457 g/mol. The first-order chi connectivity index (χ1) is 15.9. The smallest absolute Gasteiger partial charge is 0.227 e. The van der Waals surface area contributed by atoms with Gasteiger partial charge in [-0.05, 0) is 30.0 Å². The lowest BCUT2D eigenvalue weighted by Gasteiger charge is -2.22. The summed E-state index contributed by atoms with van der Waals surface area (Å²) in [5, 5.41) is 11.9. The number of methoxy groups -OCH3 is 2. The molecule has 1 aliphatic heterocycles. The molecule has 0 aliphatic carbocycles. The van der Waals surface area contributed by atoms with Crippen LogP contribution in [0.3, 0.4) is 0 Å². The second-order valence-corrected chi connectivity index (χ2v) is 8.77. The maximum atomic E-state index is 12.9. The molecule has 1 aromatic heterocycles. The van der Waals surface area contributed by atoms with Crippen molar-refractivity contribution in [3.05, 3.63) is 41.5 Å². The van der Waals surface area contributed by atoms with Gasteiger partial charge in [-0.3, -0.25) is 9.59 Å². The molecule has 2 aromatic rings. The third-order valence-corrected chi connectivity index (χ3v) is 5.81. The highest BCUT2D eigenvalue weighted by molar-refractivity contribution is 5.79. The van der Waals surface area contributed by atoms with E-state index in [-0.39, 0.29) is 17.9 Å². The van der Waals surface area contributed by atoms with Crippen molar-refractivity contribution in [2.45, 2.75) is 52.1 Å². The average Bonchev–Trinajstić information content (AvgIpc) is 3.08. The third kappa shape index (κ3) is 6.77. The van der Waals surface area contributed by atoms with Crippen LogP contribution in [0.5, 0.6) is 5.75 Å². The topological polar surface area (TPSA) is 98.6 Å². The summed E-state index contributed by atoms with van der Waals surface area (Å²) in [6.45, 7) is 6.40. The number of nitrogens with zero attached hydrogens (tertiary/aromatic N) is 4. The molecule has 9 nitrogen and oxygen atoms in total. The molecule has 0 saturated heterocycles. The van der Waals surface area contributed by atoms with Gasteiger partial charge in [-0.2, -0.15) is 0 Å². The van der Waals surface area contributed by atoms with Crippen LogP contribution >= 0.6 is 0 Å². The Bertz CT molecular complexity index is 925. The Morgan fingerprint density at radius 1 is 1.09 bits per heavy atom. The number of aromatic nitrogens is 3. The van der Waals surface area contributed by atoms with E-state index in [2.05, 4.69) is 33.9 Å². The van der Waals surface area contributed by atoms with Gasteiger partial charge in [-0.25, -0.2) is 0 Å². The lowest BCUT2D eigenvalue weighted by molar-refractivity contribution is -0.130. The quantitative estimate of drug-likeness (QED) is 0.587. The molecular formula is C24H35N5O4. The van der Waals surface area contributed by atoms with Crippen molar-refractivity contribution in [1.29, 1.82) is 0 Å². The number of ether oxygens (including phenoxy) is 2. The molecule has 0 spiro atoms. The van der Waals surface area contributed by atoms with Crippen LogP contribution in [0, 0.1) is 5.92 Å². The molecule has 1 N–H and O–H groups in total. The van der Waals surface area contributed by atoms with E-state index in [1.165, 1.54) is 0 Å². The van der Waals surface area contributed by atoms with E-state index in [9.17, 15) is 9.59 Å². The Hall–Kier alpha value is -2.94. The standard InChI is InChI=1S/C24H35N5O4/c1-17(2)15-20(25-22(30)10-14-32-3)24-27-26-21-9-11-28(12-13-29(21)24)23(31)16-18-5-7-19(33-4)8-6-18/h5-8,17,20H,9-16H2,1-4H3,(H,25,30)/t20-/m1/s1. The summed E-state index contributed by atoms with van der Waals surface area (Å²) in [4.78, 5) is 27.2. The molecule has 33 heavy (non-hydrogen) atoms. The largest absolute Gasteiger partial charge is 0.497 e. The minimum absolute atomic E-state index is 0.0650. The van der Waals surface area contributed by atoms with Crippen molar-refractivity contribution in [3.8, 4) is 5.75 Å². The average molecular weight is 458 g/mol. The van der Waals surface area contributed by atoms with Crippen LogP contribution in [0.25, 0.3) is 0 Å². The second-order valence-electron chi connectivity index (χ2n) is 8.77. The van der Waals surface area contributed by atoms with E-state index in [4.69, 9.17) is 9.47 Å². The summed E-state index contributed by atoms with van der Waals surface area (Å²) < 4.78 is 12.3. The van der Waals surface area contributed by atoms with E-state index < -0.39 is 0 Å². The van der Waals surface area contributed by atoms with Crippen LogP contribution in [0.1, 0.15) is 49.9 Å². The maximum Gasteiger partial charge on any atom is 0.227 e. The van der Waals surface area contributed by atoms with Crippen molar-refractivity contribution in [2.24, 2.45) is 5.92 Å². The fourth-order valence-corrected chi connectivity index (χ4v) is 4.04. The van der Waals surface area contributed by atoms with Crippen LogP contribution in [0.4, 0.5) is 0 Å². The zero-order chi connectivity index (χ0) is 23.8. The van der Waals surface area contributed by atoms with E-state index in [1.54, 1.807) is 14.2 Å². The number of carbonyl (C=O) groups is 2. The van der Waals surface area contributed by atoms with Crippen LogP contribution in [-0.4, -0.2) is 65.4 Å². The molecule has 3 rings (SSSR count). The van der Waals surface area contributed by atoms with Gasteiger partial charge in [0.15, 0.2) is 5.82 Å². The number of amides is 2. The van der Waals surface area contributed by atoms with Gasteiger partial charge >= 0.3 is 0 Å². The minimum Gasteiger partial charge on any atom is -0.497 e.